The zero-order valence-corrected chi connectivity index (χ0v) is 20.4. The Bertz CT molecular complexity index is 1520. The van der Waals surface area contributed by atoms with Crippen molar-refractivity contribution >= 4 is 44.4 Å². The fourth-order valence-corrected chi connectivity index (χ4v) is 4.00. The molecule has 0 fully saturated rings. The molecule has 4 aromatic rings. The van der Waals surface area contributed by atoms with Crippen LogP contribution in [0.1, 0.15) is 11.1 Å². The first-order valence-corrected chi connectivity index (χ1v) is 12.7. The molecule has 10 nitrogen and oxygen atoms in total. The monoisotopic (exact) mass is 508 g/mol. The molecule has 0 spiro atoms. The molecule has 4 rings (SSSR count). The van der Waals surface area contributed by atoms with Crippen LogP contribution in [0.4, 0.5) is 16.3 Å². The summed E-state index contributed by atoms with van der Waals surface area (Å²) in [7, 11) is -2.41. The van der Waals surface area contributed by atoms with Crippen LogP contribution in [0.2, 0.25) is 0 Å². The van der Waals surface area contributed by atoms with Gasteiger partial charge in [-0.1, -0.05) is 42.5 Å². The molecule has 0 aliphatic carbocycles. The third-order valence-electron chi connectivity index (χ3n) is 5.46. The lowest BCUT2D eigenvalue weighted by Gasteiger charge is -2.13. The maximum absolute atomic E-state index is 12.6. The number of carboxylic acid groups (broad SMARTS) is 1. The molecule has 0 radical (unpaired) electrons. The summed E-state index contributed by atoms with van der Waals surface area (Å²) in [6.45, 7) is 0.443. The molecule has 2 N–H and O–H groups in total. The fraction of sp³-hybridized carbons (Fsp3) is 0.160. The molecular weight excluding hydrogens is 484 g/mol. The molecule has 186 valence electrons. The van der Waals surface area contributed by atoms with Gasteiger partial charge in [-0.3, -0.25) is 9.10 Å². The van der Waals surface area contributed by atoms with E-state index in [9.17, 15) is 23.1 Å². The van der Waals surface area contributed by atoms with Crippen molar-refractivity contribution in [1.29, 1.82) is 0 Å². The van der Waals surface area contributed by atoms with E-state index in [0.29, 0.717) is 22.7 Å². The minimum absolute atomic E-state index is 0.0582. The van der Waals surface area contributed by atoms with Crippen molar-refractivity contribution in [1.82, 2.24) is 9.78 Å². The maximum Gasteiger partial charge on any atom is 0.432 e. The van der Waals surface area contributed by atoms with Gasteiger partial charge in [-0.2, -0.15) is 4.68 Å². The Morgan fingerprint density at radius 2 is 1.72 bits per heavy atom. The lowest BCUT2D eigenvalue weighted by atomic mass is 10.1. The Hall–Kier alpha value is -4.38. The van der Waals surface area contributed by atoms with E-state index in [1.54, 1.807) is 24.3 Å². The Morgan fingerprint density at radius 3 is 2.36 bits per heavy atom. The van der Waals surface area contributed by atoms with E-state index in [-0.39, 0.29) is 29.0 Å². The predicted octanol–water partition coefficient (Wildman–Crippen LogP) is 3.72. The molecule has 1 aromatic heterocycles. The third kappa shape index (κ3) is 5.63. The van der Waals surface area contributed by atoms with Crippen LogP contribution in [0.3, 0.4) is 0 Å². The van der Waals surface area contributed by atoms with E-state index in [1.165, 1.54) is 25.2 Å². The minimum atomic E-state index is -3.69. The number of nitrogens with one attached hydrogen (secondary N) is 1. The highest BCUT2D eigenvalue weighted by Gasteiger charge is 2.23. The number of rotatable bonds is 8. The average Bonchev–Trinajstić information content (AvgIpc) is 3.22. The van der Waals surface area contributed by atoms with Crippen LogP contribution >= 0.6 is 0 Å². The van der Waals surface area contributed by atoms with Gasteiger partial charge in [-0.15, -0.1) is 5.10 Å². The Morgan fingerprint density at radius 1 is 1.03 bits per heavy atom. The molecule has 0 saturated heterocycles. The second-order valence-electron chi connectivity index (χ2n) is 8.12. The van der Waals surface area contributed by atoms with Crippen LogP contribution in [0.25, 0.3) is 10.9 Å². The van der Waals surface area contributed by atoms with Crippen molar-refractivity contribution in [2.75, 3.05) is 22.9 Å². The lowest BCUT2D eigenvalue weighted by molar-refractivity contribution is -0.115. The van der Waals surface area contributed by atoms with Crippen molar-refractivity contribution < 1.29 is 27.9 Å². The number of benzene rings is 3. The molecular formula is C25H24N4O6S. The molecule has 0 aliphatic rings. The molecule has 0 aliphatic heterocycles. The lowest BCUT2D eigenvalue weighted by Crippen LogP contribution is -2.25. The highest BCUT2D eigenvalue weighted by atomic mass is 32.2. The Labute approximate surface area is 207 Å². The highest BCUT2D eigenvalue weighted by Crippen LogP contribution is 2.29. The van der Waals surface area contributed by atoms with Crippen molar-refractivity contribution in [3.05, 3.63) is 83.9 Å². The van der Waals surface area contributed by atoms with Gasteiger partial charge in [-0.05, 0) is 41.5 Å². The molecule has 1 heterocycles. The number of hydrogen-bond acceptors (Lipinski definition) is 6. The summed E-state index contributed by atoms with van der Waals surface area (Å²) in [6, 6.07) is 21.5. The van der Waals surface area contributed by atoms with Gasteiger partial charge < -0.3 is 15.2 Å². The minimum Gasteiger partial charge on any atom is -0.489 e. The number of ether oxygens (including phenoxy) is 1. The van der Waals surface area contributed by atoms with Crippen LogP contribution < -0.4 is 14.4 Å². The molecule has 0 saturated carbocycles. The molecule has 0 unspecified atom stereocenters. The van der Waals surface area contributed by atoms with Gasteiger partial charge in [0.2, 0.25) is 15.9 Å². The third-order valence-corrected chi connectivity index (χ3v) is 6.63. The van der Waals surface area contributed by atoms with Gasteiger partial charge in [0, 0.05) is 18.1 Å². The van der Waals surface area contributed by atoms with Crippen LogP contribution in [0, 0.1) is 0 Å². The van der Waals surface area contributed by atoms with E-state index in [4.69, 9.17) is 4.74 Å². The Balaban J connectivity index is 1.46. The van der Waals surface area contributed by atoms with E-state index in [1.807, 2.05) is 30.3 Å². The number of nitrogens with zero attached hydrogens (tertiary/aromatic N) is 3. The molecule has 0 bridgehead atoms. The number of carbonyl (C=O) groups is 2. The Kier molecular flexibility index (Phi) is 6.93. The smallest absolute Gasteiger partial charge is 0.432 e. The number of amides is 1. The number of sulfonamides is 1. The molecule has 3 aromatic carbocycles. The van der Waals surface area contributed by atoms with Gasteiger partial charge in [0.05, 0.1) is 18.2 Å². The fourth-order valence-electron chi connectivity index (χ4n) is 3.55. The summed E-state index contributed by atoms with van der Waals surface area (Å²) < 4.78 is 31.4. The first-order valence-electron chi connectivity index (χ1n) is 10.9. The molecule has 11 heteroatoms. The second kappa shape index (κ2) is 10.1. The predicted molar refractivity (Wildman–Crippen MR) is 136 cm³/mol. The van der Waals surface area contributed by atoms with Gasteiger partial charge in [0.15, 0.2) is 5.82 Å². The van der Waals surface area contributed by atoms with Crippen LogP contribution in [0.15, 0.2) is 72.8 Å². The summed E-state index contributed by atoms with van der Waals surface area (Å²) in [4.78, 5) is 24.2. The van der Waals surface area contributed by atoms with Gasteiger partial charge in [-0.25, -0.2) is 13.2 Å². The maximum atomic E-state index is 12.6. The standard InChI is InChI=1S/C25H24N4O6S/c1-28(36(2,33)34)24-21-15-19(10-13-22(21)29(27-24)25(31)32)26-23(30)14-17-8-11-20(12-9-17)35-16-18-6-4-3-5-7-18/h3-13,15H,14,16H2,1-2H3,(H,26,30)(H,31,32). The van der Waals surface area contributed by atoms with Gasteiger partial charge in [0.1, 0.15) is 12.4 Å². The number of anilines is 2. The first-order chi connectivity index (χ1) is 17.1. The number of aromatic nitrogens is 2. The second-order valence-corrected chi connectivity index (χ2v) is 10.1. The summed E-state index contributed by atoms with van der Waals surface area (Å²) in [5.41, 5.74) is 2.40. The largest absolute Gasteiger partial charge is 0.489 e. The molecule has 36 heavy (non-hydrogen) atoms. The zero-order chi connectivity index (χ0) is 25.9. The van der Waals surface area contributed by atoms with Crippen molar-refractivity contribution in [2.24, 2.45) is 0 Å². The average molecular weight is 509 g/mol. The summed E-state index contributed by atoms with van der Waals surface area (Å²) >= 11 is 0. The van der Waals surface area contributed by atoms with Crippen molar-refractivity contribution in [3.63, 3.8) is 0 Å². The van der Waals surface area contributed by atoms with E-state index < -0.39 is 16.1 Å². The quantitative estimate of drug-likeness (QED) is 0.371. The van der Waals surface area contributed by atoms with Crippen LogP contribution in [-0.2, 0) is 27.8 Å². The van der Waals surface area contributed by atoms with Crippen LogP contribution in [0.5, 0.6) is 5.75 Å². The molecule has 0 atom stereocenters. The highest BCUT2D eigenvalue weighted by molar-refractivity contribution is 7.92. The summed E-state index contributed by atoms with van der Waals surface area (Å²) in [5.74, 6) is 0.333. The zero-order valence-electron chi connectivity index (χ0n) is 19.6. The van der Waals surface area contributed by atoms with Gasteiger partial charge >= 0.3 is 6.09 Å². The van der Waals surface area contributed by atoms with Crippen molar-refractivity contribution in [3.8, 4) is 5.75 Å². The van der Waals surface area contributed by atoms with E-state index >= 15 is 0 Å². The van der Waals surface area contributed by atoms with Crippen molar-refractivity contribution in [2.45, 2.75) is 13.0 Å². The first kappa shape index (κ1) is 24.7. The number of fused-ring (bicyclic) bond motifs is 1. The SMILES string of the molecule is CN(c1nn(C(=O)O)c2ccc(NC(=O)Cc3ccc(OCc4ccccc4)cc3)cc12)S(C)(=O)=O. The summed E-state index contributed by atoms with van der Waals surface area (Å²) in [5, 5.41) is 16.4. The normalized spacial score (nSPS) is 11.3. The number of carbonyl (C=O) groups excluding carboxylic acids is 1. The van der Waals surface area contributed by atoms with Gasteiger partial charge in [0.25, 0.3) is 0 Å². The number of hydrogen-bond donors (Lipinski definition) is 2. The summed E-state index contributed by atoms with van der Waals surface area (Å²) in [6.07, 6.45) is -0.273. The molecule has 1 amide bonds. The topological polar surface area (TPSA) is 131 Å². The van der Waals surface area contributed by atoms with Crippen LogP contribution in [-0.4, -0.2) is 48.6 Å². The van der Waals surface area contributed by atoms with E-state index in [0.717, 1.165) is 21.7 Å². The van der Waals surface area contributed by atoms with E-state index in [2.05, 4.69) is 10.4 Å².